The third kappa shape index (κ3) is 3.69. The molecular weight excluding hydrogens is 362 g/mol. The number of carbonyl (C=O) groups is 1. The fourth-order valence-electron chi connectivity index (χ4n) is 3.43. The predicted octanol–water partition coefficient (Wildman–Crippen LogP) is 4.00. The van der Waals surface area contributed by atoms with Crippen LogP contribution in [0.15, 0.2) is 60.9 Å². The van der Waals surface area contributed by atoms with E-state index < -0.39 is 0 Å². The number of anilines is 2. The fraction of sp³-hybridized carbons (Fsp3) is 0.174. The van der Waals surface area contributed by atoms with Crippen LogP contribution in [0.4, 0.5) is 11.6 Å². The number of hydrogen-bond acceptors (Lipinski definition) is 5. The molecule has 0 saturated heterocycles. The second-order valence-electron chi connectivity index (χ2n) is 7.17. The first kappa shape index (κ1) is 18.7. The zero-order chi connectivity index (χ0) is 20.4. The molecule has 0 atom stereocenters. The molecule has 6 heteroatoms. The molecule has 1 aromatic heterocycles. The van der Waals surface area contributed by atoms with Crippen LogP contribution in [-0.4, -0.2) is 29.0 Å². The van der Waals surface area contributed by atoms with Crippen molar-refractivity contribution in [2.24, 2.45) is 0 Å². The summed E-state index contributed by atoms with van der Waals surface area (Å²) in [6, 6.07) is 16.1. The Morgan fingerprint density at radius 3 is 2.38 bits per heavy atom. The maximum Gasteiger partial charge on any atom is 0.258 e. The van der Waals surface area contributed by atoms with Crippen molar-refractivity contribution in [3.05, 3.63) is 72.1 Å². The zero-order valence-electron chi connectivity index (χ0n) is 16.7. The van der Waals surface area contributed by atoms with Crippen LogP contribution in [0.3, 0.4) is 0 Å². The third-order valence-electron chi connectivity index (χ3n) is 4.73. The van der Waals surface area contributed by atoms with Crippen LogP contribution in [0.1, 0.15) is 25.0 Å². The Hall–Kier alpha value is -3.67. The number of benzene rings is 2. The monoisotopic (exact) mass is 385 g/mol. The Morgan fingerprint density at radius 1 is 1.00 bits per heavy atom. The standard InChI is InChI=1S/C23H23N5O/c1-14(2)27-23-25-12-17(13-26-23)16-9-10-18-19(11-16)28-22(29)20(18)21(24-3)15-7-5-4-6-8-15/h4-14,24H,1-3H3,(H,28,29)(H,25,26,27)/b21-20-. The molecule has 2 heterocycles. The van der Waals surface area contributed by atoms with Gasteiger partial charge in [-0.25, -0.2) is 9.97 Å². The van der Waals surface area contributed by atoms with Crippen LogP contribution in [0.2, 0.25) is 0 Å². The quantitative estimate of drug-likeness (QED) is 0.579. The van der Waals surface area contributed by atoms with E-state index in [1.54, 1.807) is 12.4 Å². The summed E-state index contributed by atoms with van der Waals surface area (Å²) in [4.78, 5) is 21.5. The van der Waals surface area contributed by atoms with Gasteiger partial charge in [-0.1, -0.05) is 42.5 Å². The maximum atomic E-state index is 12.8. The molecule has 3 aromatic rings. The van der Waals surface area contributed by atoms with Gasteiger partial charge in [-0.2, -0.15) is 0 Å². The molecule has 0 spiro atoms. The molecule has 6 nitrogen and oxygen atoms in total. The second kappa shape index (κ2) is 7.75. The highest BCUT2D eigenvalue weighted by Gasteiger charge is 2.28. The normalized spacial score (nSPS) is 14.4. The largest absolute Gasteiger partial charge is 0.387 e. The van der Waals surface area contributed by atoms with E-state index in [0.29, 0.717) is 11.5 Å². The molecule has 146 valence electrons. The van der Waals surface area contributed by atoms with Gasteiger partial charge in [0.1, 0.15) is 0 Å². The lowest BCUT2D eigenvalue weighted by molar-refractivity contribution is -0.110. The lowest BCUT2D eigenvalue weighted by Gasteiger charge is -2.11. The van der Waals surface area contributed by atoms with Crippen LogP contribution >= 0.6 is 0 Å². The summed E-state index contributed by atoms with van der Waals surface area (Å²) in [5.41, 5.74) is 5.94. The summed E-state index contributed by atoms with van der Waals surface area (Å²) in [5.74, 6) is 0.489. The molecule has 0 aliphatic carbocycles. The molecule has 0 saturated carbocycles. The van der Waals surface area contributed by atoms with Gasteiger partial charge in [-0.05, 0) is 31.0 Å². The van der Waals surface area contributed by atoms with Crippen LogP contribution in [0, 0.1) is 0 Å². The molecule has 4 rings (SSSR count). The Bertz CT molecular complexity index is 1070. The average molecular weight is 385 g/mol. The van der Waals surface area contributed by atoms with Crippen LogP contribution < -0.4 is 16.0 Å². The minimum Gasteiger partial charge on any atom is -0.387 e. The Kier molecular flexibility index (Phi) is 4.99. The number of nitrogens with one attached hydrogen (secondary N) is 3. The van der Waals surface area contributed by atoms with Crippen LogP contribution in [0.5, 0.6) is 0 Å². The molecular formula is C23H23N5O. The molecule has 29 heavy (non-hydrogen) atoms. The van der Waals surface area contributed by atoms with E-state index in [1.807, 2.05) is 69.4 Å². The number of fused-ring (bicyclic) bond motifs is 1. The van der Waals surface area contributed by atoms with Gasteiger partial charge >= 0.3 is 0 Å². The summed E-state index contributed by atoms with van der Waals surface area (Å²) in [5, 5.41) is 9.36. The second-order valence-corrected chi connectivity index (χ2v) is 7.17. The molecule has 0 unspecified atom stereocenters. The number of nitrogens with zero attached hydrogens (tertiary/aromatic N) is 2. The summed E-state index contributed by atoms with van der Waals surface area (Å²) >= 11 is 0. The lowest BCUT2D eigenvalue weighted by Crippen LogP contribution is -2.12. The lowest BCUT2D eigenvalue weighted by atomic mass is 9.98. The van der Waals surface area contributed by atoms with Crippen molar-refractivity contribution in [1.82, 2.24) is 15.3 Å². The highest BCUT2D eigenvalue weighted by molar-refractivity contribution is 6.36. The molecule has 1 aliphatic heterocycles. The van der Waals surface area contributed by atoms with Gasteiger partial charge in [0.05, 0.1) is 11.3 Å². The fourth-order valence-corrected chi connectivity index (χ4v) is 3.43. The average Bonchev–Trinajstić information content (AvgIpc) is 3.05. The SMILES string of the molecule is CN/C(=C1\C(=O)Nc2cc(-c3cnc(NC(C)C)nc3)ccc21)c1ccccc1. The first-order chi connectivity index (χ1) is 14.1. The van der Waals surface area contributed by atoms with E-state index in [9.17, 15) is 4.79 Å². The van der Waals surface area contributed by atoms with E-state index in [4.69, 9.17) is 0 Å². The van der Waals surface area contributed by atoms with Gasteiger partial charge in [0, 0.05) is 42.3 Å². The van der Waals surface area contributed by atoms with Crippen molar-refractivity contribution < 1.29 is 4.79 Å². The molecule has 0 radical (unpaired) electrons. The van der Waals surface area contributed by atoms with Crippen LogP contribution in [-0.2, 0) is 4.79 Å². The maximum absolute atomic E-state index is 12.8. The molecule has 1 aliphatic rings. The number of amides is 1. The first-order valence-corrected chi connectivity index (χ1v) is 9.59. The van der Waals surface area contributed by atoms with Crippen molar-refractivity contribution in [2.75, 3.05) is 17.7 Å². The highest BCUT2D eigenvalue weighted by atomic mass is 16.2. The number of aromatic nitrogens is 2. The number of carbonyl (C=O) groups excluding carboxylic acids is 1. The van der Waals surface area contributed by atoms with Gasteiger partial charge < -0.3 is 16.0 Å². The van der Waals surface area contributed by atoms with Gasteiger partial charge in [-0.3, -0.25) is 4.79 Å². The Morgan fingerprint density at radius 2 is 1.72 bits per heavy atom. The van der Waals surface area contributed by atoms with Gasteiger partial charge in [-0.15, -0.1) is 0 Å². The predicted molar refractivity (Wildman–Crippen MR) is 117 cm³/mol. The Labute approximate surface area is 170 Å². The van der Waals surface area contributed by atoms with Crippen molar-refractivity contribution in [3.63, 3.8) is 0 Å². The molecule has 0 bridgehead atoms. The van der Waals surface area contributed by atoms with Crippen molar-refractivity contribution in [3.8, 4) is 11.1 Å². The molecule has 0 fully saturated rings. The summed E-state index contributed by atoms with van der Waals surface area (Å²) in [6.45, 7) is 4.08. The highest BCUT2D eigenvalue weighted by Crippen LogP contribution is 2.38. The van der Waals surface area contributed by atoms with Crippen molar-refractivity contribution in [2.45, 2.75) is 19.9 Å². The van der Waals surface area contributed by atoms with Gasteiger partial charge in [0.25, 0.3) is 5.91 Å². The molecule has 1 amide bonds. The topological polar surface area (TPSA) is 78.9 Å². The van der Waals surface area contributed by atoms with Gasteiger partial charge in [0.2, 0.25) is 5.95 Å². The minimum absolute atomic E-state index is 0.113. The first-order valence-electron chi connectivity index (χ1n) is 9.59. The van der Waals surface area contributed by atoms with Crippen molar-refractivity contribution in [1.29, 1.82) is 0 Å². The third-order valence-corrected chi connectivity index (χ3v) is 4.73. The van der Waals surface area contributed by atoms with Gasteiger partial charge in [0.15, 0.2) is 0 Å². The van der Waals surface area contributed by atoms with E-state index in [1.165, 1.54) is 0 Å². The number of hydrogen-bond donors (Lipinski definition) is 3. The van der Waals surface area contributed by atoms with Crippen LogP contribution in [0.25, 0.3) is 22.4 Å². The minimum atomic E-state index is -0.113. The van der Waals surface area contributed by atoms with Crippen molar-refractivity contribution >= 4 is 28.8 Å². The summed E-state index contributed by atoms with van der Waals surface area (Å²) < 4.78 is 0. The van der Waals surface area contributed by atoms with E-state index >= 15 is 0 Å². The van der Waals surface area contributed by atoms with E-state index in [0.717, 1.165) is 33.6 Å². The molecule has 2 aromatic carbocycles. The smallest absolute Gasteiger partial charge is 0.258 e. The molecule has 3 N–H and O–H groups in total. The van der Waals surface area contributed by atoms with E-state index in [2.05, 4.69) is 25.9 Å². The Balaban J connectivity index is 1.71. The summed E-state index contributed by atoms with van der Waals surface area (Å²) in [7, 11) is 1.83. The zero-order valence-corrected chi connectivity index (χ0v) is 16.7. The summed E-state index contributed by atoms with van der Waals surface area (Å²) in [6.07, 6.45) is 3.58. The van der Waals surface area contributed by atoms with E-state index in [-0.39, 0.29) is 11.9 Å². The number of rotatable bonds is 5.